The van der Waals surface area contributed by atoms with Crippen molar-refractivity contribution in [1.29, 1.82) is 0 Å². The monoisotopic (exact) mass is 433 g/mol. The van der Waals surface area contributed by atoms with Gasteiger partial charge in [0.05, 0.1) is 19.3 Å². The second kappa shape index (κ2) is 12.6. The summed E-state index contributed by atoms with van der Waals surface area (Å²) in [7, 11) is 0. The van der Waals surface area contributed by atoms with Gasteiger partial charge in [0, 0.05) is 38.8 Å². The molecule has 0 bridgehead atoms. The van der Waals surface area contributed by atoms with Crippen LogP contribution in [0.25, 0.3) is 0 Å². The Morgan fingerprint density at radius 2 is 1.89 bits per heavy atom. The summed E-state index contributed by atoms with van der Waals surface area (Å²) in [5.41, 5.74) is 6.85. The highest BCUT2D eigenvalue weighted by atomic mass is 35.5. The number of nitrogens with two attached hydrogens (primary N) is 1. The molecule has 3 atom stereocenters. The zero-order valence-corrected chi connectivity index (χ0v) is 18.1. The Morgan fingerprint density at radius 1 is 1.21 bits per heavy atom. The summed E-state index contributed by atoms with van der Waals surface area (Å²) < 4.78 is 11.3. The Hall–Kier alpha value is -0.890. The number of carbonyl (C=O) groups is 1. The highest BCUT2D eigenvalue weighted by molar-refractivity contribution is 5.85. The molecule has 1 amide bonds. The van der Waals surface area contributed by atoms with Crippen LogP contribution in [0.2, 0.25) is 0 Å². The lowest BCUT2D eigenvalue weighted by molar-refractivity contribution is -0.146. The summed E-state index contributed by atoms with van der Waals surface area (Å²) in [6.45, 7) is 7.46. The quantitative estimate of drug-likeness (QED) is 0.712. The number of rotatable bonds is 7. The van der Waals surface area contributed by atoms with E-state index in [1.54, 1.807) is 0 Å². The summed E-state index contributed by atoms with van der Waals surface area (Å²) in [4.78, 5) is 17.6. The number of hydrogen-bond acceptors (Lipinski definition) is 5. The fourth-order valence-electron chi connectivity index (χ4n) is 3.73. The number of nitrogens with zero attached hydrogens (tertiary/aromatic N) is 2. The van der Waals surface area contributed by atoms with Crippen LogP contribution >= 0.6 is 24.8 Å². The average molecular weight is 434 g/mol. The van der Waals surface area contributed by atoms with E-state index in [-0.39, 0.29) is 49.0 Å². The van der Waals surface area contributed by atoms with Crippen molar-refractivity contribution in [2.24, 2.45) is 5.73 Å². The summed E-state index contributed by atoms with van der Waals surface area (Å²) in [5, 5.41) is 0. The molecule has 2 aliphatic heterocycles. The molecule has 3 rings (SSSR count). The lowest BCUT2D eigenvalue weighted by Gasteiger charge is -2.36. The Kier molecular flexibility index (Phi) is 11.3. The van der Waals surface area contributed by atoms with Gasteiger partial charge in [-0.1, -0.05) is 30.3 Å². The topological polar surface area (TPSA) is 68.0 Å². The van der Waals surface area contributed by atoms with Crippen molar-refractivity contribution in [3.8, 4) is 0 Å². The van der Waals surface area contributed by atoms with Crippen molar-refractivity contribution in [3.63, 3.8) is 0 Å². The first-order valence-corrected chi connectivity index (χ1v) is 9.67. The first-order chi connectivity index (χ1) is 12.7. The van der Waals surface area contributed by atoms with E-state index >= 15 is 0 Å². The molecule has 2 aliphatic rings. The predicted molar refractivity (Wildman–Crippen MR) is 115 cm³/mol. The lowest BCUT2D eigenvalue weighted by Crippen LogP contribution is -2.50. The van der Waals surface area contributed by atoms with Gasteiger partial charge < -0.3 is 20.1 Å². The van der Waals surface area contributed by atoms with Gasteiger partial charge in [0.2, 0.25) is 0 Å². The molecule has 6 nitrogen and oxygen atoms in total. The van der Waals surface area contributed by atoms with Crippen molar-refractivity contribution in [2.75, 3.05) is 39.4 Å². The maximum Gasteiger partial charge on any atom is 0.252 e. The van der Waals surface area contributed by atoms with Gasteiger partial charge in [0.15, 0.2) is 0 Å². The first kappa shape index (κ1) is 25.1. The Morgan fingerprint density at radius 3 is 2.50 bits per heavy atom. The second-order valence-corrected chi connectivity index (χ2v) is 7.27. The van der Waals surface area contributed by atoms with Crippen LogP contribution in [0.1, 0.15) is 25.3 Å². The third-order valence-electron chi connectivity index (χ3n) is 5.28. The molecule has 0 spiro atoms. The molecule has 1 aromatic carbocycles. The van der Waals surface area contributed by atoms with Gasteiger partial charge in [-0.05, 0) is 25.3 Å². The minimum atomic E-state index is -0.362. The van der Waals surface area contributed by atoms with Gasteiger partial charge in [-0.2, -0.15) is 0 Å². The zero-order chi connectivity index (χ0) is 18.4. The van der Waals surface area contributed by atoms with Crippen LogP contribution in [0.5, 0.6) is 0 Å². The van der Waals surface area contributed by atoms with Gasteiger partial charge in [0.25, 0.3) is 5.91 Å². The fraction of sp³-hybridized carbons (Fsp3) is 0.650. The summed E-state index contributed by atoms with van der Waals surface area (Å²) in [6.07, 6.45) is 1.27. The van der Waals surface area contributed by atoms with Crippen molar-refractivity contribution < 1.29 is 14.3 Å². The SMILES string of the molecule is CC(CN1CCOCC1)N(Cc1ccccc1)C(=O)[C@@H]1CC[C@H](CN)O1.Cl.Cl. The van der Waals surface area contributed by atoms with Crippen LogP contribution in [-0.2, 0) is 20.8 Å². The van der Waals surface area contributed by atoms with Gasteiger partial charge in [-0.15, -0.1) is 24.8 Å². The molecule has 160 valence electrons. The fourth-order valence-corrected chi connectivity index (χ4v) is 3.73. The van der Waals surface area contributed by atoms with Gasteiger partial charge >= 0.3 is 0 Å². The van der Waals surface area contributed by atoms with Crippen LogP contribution in [0.15, 0.2) is 30.3 Å². The van der Waals surface area contributed by atoms with E-state index < -0.39 is 0 Å². The molecule has 1 aromatic rings. The number of hydrogen-bond donors (Lipinski definition) is 1. The van der Waals surface area contributed by atoms with E-state index in [9.17, 15) is 4.79 Å². The lowest BCUT2D eigenvalue weighted by atomic mass is 10.1. The minimum Gasteiger partial charge on any atom is -0.379 e. The third-order valence-corrected chi connectivity index (χ3v) is 5.28. The zero-order valence-electron chi connectivity index (χ0n) is 16.5. The molecule has 8 heteroatoms. The molecule has 2 fully saturated rings. The van der Waals surface area contributed by atoms with Crippen molar-refractivity contribution >= 4 is 30.7 Å². The van der Waals surface area contributed by atoms with Crippen molar-refractivity contribution in [1.82, 2.24) is 9.80 Å². The number of amides is 1. The maximum atomic E-state index is 13.2. The largest absolute Gasteiger partial charge is 0.379 e. The van der Waals surface area contributed by atoms with Crippen LogP contribution < -0.4 is 5.73 Å². The average Bonchev–Trinajstić information content (AvgIpc) is 3.16. The van der Waals surface area contributed by atoms with Crippen molar-refractivity contribution in [2.45, 2.75) is 44.6 Å². The predicted octanol–water partition coefficient (Wildman–Crippen LogP) is 2.09. The van der Waals surface area contributed by atoms with Crippen LogP contribution in [0.4, 0.5) is 0 Å². The van der Waals surface area contributed by atoms with Crippen molar-refractivity contribution in [3.05, 3.63) is 35.9 Å². The maximum absolute atomic E-state index is 13.2. The molecule has 2 saturated heterocycles. The summed E-state index contributed by atoms with van der Waals surface area (Å²) in [6, 6.07) is 10.3. The van der Waals surface area contributed by atoms with Gasteiger partial charge in [0.1, 0.15) is 6.10 Å². The van der Waals surface area contributed by atoms with E-state index in [1.807, 2.05) is 23.1 Å². The number of ether oxygens (including phenoxy) is 2. The smallest absolute Gasteiger partial charge is 0.252 e. The minimum absolute atomic E-state index is 0. The molecule has 0 radical (unpaired) electrons. The highest BCUT2D eigenvalue weighted by Gasteiger charge is 2.35. The number of halogens is 2. The van der Waals surface area contributed by atoms with Crippen LogP contribution in [-0.4, -0.2) is 73.3 Å². The molecule has 2 heterocycles. The number of carbonyl (C=O) groups excluding carboxylic acids is 1. The normalized spacial score (nSPS) is 23.4. The molecular weight excluding hydrogens is 401 g/mol. The number of benzene rings is 1. The van der Waals surface area contributed by atoms with Crippen LogP contribution in [0, 0.1) is 0 Å². The Bertz CT molecular complexity index is 573. The molecule has 1 unspecified atom stereocenters. The van der Waals surface area contributed by atoms with Crippen LogP contribution in [0.3, 0.4) is 0 Å². The van der Waals surface area contributed by atoms with Gasteiger partial charge in [-0.3, -0.25) is 9.69 Å². The van der Waals surface area contributed by atoms with E-state index in [2.05, 4.69) is 24.0 Å². The molecular formula is C20H33Cl2N3O3. The van der Waals surface area contributed by atoms with E-state index in [0.29, 0.717) is 13.1 Å². The Balaban J connectivity index is 0.00000196. The second-order valence-electron chi connectivity index (χ2n) is 7.27. The molecule has 0 aliphatic carbocycles. The standard InChI is InChI=1S/C20H31N3O3.2ClH/c1-16(14-22-9-11-25-12-10-22)23(15-17-5-3-2-4-6-17)20(24)19-8-7-18(13-21)26-19;;/h2-6,16,18-19H,7-15,21H2,1H3;2*1H/t16?,18-,19+;;/m1../s1. The van der Waals surface area contributed by atoms with Gasteiger partial charge in [-0.25, -0.2) is 0 Å². The summed E-state index contributed by atoms with van der Waals surface area (Å²) >= 11 is 0. The molecule has 2 N–H and O–H groups in total. The summed E-state index contributed by atoms with van der Waals surface area (Å²) in [5.74, 6) is 0.0885. The number of morpholine rings is 1. The first-order valence-electron chi connectivity index (χ1n) is 9.67. The Labute approximate surface area is 180 Å². The molecule has 0 saturated carbocycles. The third kappa shape index (κ3) is 6.87. The van der Waals surface area contributed by atoms with E-state index in [0.717, 1.165) is 51.3 Å². The highest BCUT2D eigenvalue weighted by Crippen LogP contribution is 2.23. The van der Waals surface area contributed by atoms with E-state index in [4.69, 9.17) is 15.2 Å². The van der Waals surface area contributed by atoms with E-state index in [1.165, 1.54) is 0 Å². The molecule has 28 heavy (non-hydrogen) atoms. The molecule has 0 aromatic heterocycles.